The number of likely N-dealkylation sites (tertiary alicyclic amines) is 1. The lowest BCUT2D eigenvalue weighted by atomic mass is 10.1. The van der Waals surface area contributed by atoms with Crippen LogP contribution in [-0.4, -0.2) is 42.8 Å². The van der Waals surface area contributed by atoms with Crippen LogP contribution in [0.2, 0.25) is 0 Å². The zero-order chi connectivity index (χ0) is 17.0. The number of piperidine rings is 1. The maximum absolute atomic E-state index is 11.5. The number of hydrogen-bond acceptors (Lipinski definition) is 4. The lowest BCUT2D eigenvalue weighted by molar-refractivity contribution is -0.121. The Balaban J connectivity index is 1.64. The molecule has 24 heavy (non-hydrogen) atoms. The fraction of sp³-hybridized carbons (Fsp3) is 0.632. The Morgan fingerprint density at radius 1 is 1.21 bits per heavy atom. The van der Waals surface area contributed by atoms with E-state index in [0.29, 0.717) is 19.6 Å². The van der Waals surface area contributed by atoms with Crippen LogP contribution in [0, 0.1) is 0 Å². The molecule has 0 bridgehead atoms. The van der Waals surface area contributed by atoms with E-state index in [9.17, 15) is 4.79 Å². The highest BCUT2D eigenvalue weighted by molar-refractivity contribution is 7.80. The van der Waals surface area contributed by atoms with Gasteiger partial charge in [0.2, 0.25) is 5.91 Å². The zero-order valence-corrected chi connectivity index (χ0v) is 15.4. The average Bonchev–Trinajstić information content (AvgIpc) is 2.61. The van der Waals surface area contributed by atoms with Gasteiger partial charge in [-0.25, -0.2) is 0 Å². The number of hydrogen-bond donors (Lipinski definition) is 2. The highest BCUT2D eigenvalue weighted by atomic mass is 32.1. The van der Waals surface area contributed by atoms with Gasteiger partial charge in [0.25, 0.3) is 0 Å². The van der Waals surface area contributed by atoms with Crippen LogP contribution < -0.4 is 10.1 Å². The molecule has 1 amide bonds. The molecule has 0 aliphatic carbocycles. The minimum atomic E-state index is 0.104. The maximum Gasteiger partial charge on any atom is 0.220 e. The quantitative estimate of drug-likeness (QED) is 0.503. The Labute approximate surface area is 151 Å². The predicted molar refractivity (Wildman–Crippen MR) is 102 cm³/mol. The highest BCUT2D eigenvalue weighted by Crippen LogP contribution is 2.17. The van der Waals surface area contributed by atoms with Gasteiger partial charge >= 0.3 is 0 Å². The van der Waals surface area contributed by atoms with Gasteiger partial charge in [0, 0.05) is 19.5 Å². The molecule has 0 saturated carbocycles. The fourth-order valence-electron chi connectivity index (χ4n) is 2.93. The van der Waals surface area contributed by atoms with Crippen LogP contribution in [0.4, 0.5) is 0 Å². The number of carbonyl (C=O) groups is 1. The molecule has 4 nitrogen and oxygen atoms in total. The average molecular weight is 351 g/mol. The molecule has 0 aromatic heterocycles. The number of rotatable bonds is 10. The standard InChI is InChI=1S/C19H30N2O2S/c22-19(9-5-14-24)20-10-6-13-23-18-8-4-7-17(15-18)16-21-11-2-1-3-12-21/h4,7-8,15,24H,1-3,5-6,9-14,16H2,(H,20,22). The van der Waals surface area contributed by atoms with Crippen molar-refractivity contribution in [3.8, 4) is 5.75 Å². The van der Waals surface area contributed by atoms with Gasteiger partial charge in [-0.2, -0.15) is 12.6 Å². The summed E-state index contributed by atoms with van der Waals surface area (Å²) in [5.41, 5.74) is 1.31. The number of benzene rings is 1. The van der Waals surface area contributed by atoms with E-state index in [0.717, 1.165) is 30.9 Å². The minimum Gasteiger partial charge on any atom is -0.494 e. The Morgan fingerprint density at radius 3 is 2.83 bits per heavy atom. The van der Waals surface area contributed by atoms with Crippen LogP contribution in [0.3, 0.4) is 0 Å². The van der Waals surface area contributed by atoms with Gasteiger partial charge in [-0.15, -0.1) is 0 Å². The SMILES string of the molecule is O=C(CCCS)NCCCOc1cccc(CN2CCCCC2)c1. The van der Waals surface area contributed by atoms with Crippen molar-refractivity contribution in [2.75, 3.05) is 32.0 Å². The fourth-order valence-corrected chi connectivity index (χ4v) is 3.09. The van der Waals surface area contributed by atoms with Gasteiger partial charge < -0.3 is 10.1 Å². The summed E-state index contributed by atoms with van der Waals surface area (Å²) in [4.78, 5) is 14.0. The van der Waals surface area contributed by atoms with Gasteiger partial charge in [0.15, 0.2) is 0 Å². The molecule has 1 heterocycles. The summed E-state index contributed by atoms with van der Waals surface area (Å²) < 4.78 is 5.82. The number of nitrogens with one attached hydrogen (secondary N) is 1. The van der Waals surface area contributed by atoms with Crippen LogP contribution in [0.25, 0.3) is 0 Å². The van der Waals surface area contributed by atoms with E-state index in [-0.39, 0.29) is 5.91 Å². The van der Waals surface area contributed by atoms with Crippen molar-refractivity contribution in [2.45, 2.75) is 45.1 Å². The van der Waals surface area contributed by atoms with Crippen molar-refractivity contribution >= 4 is 18.5 Å². The molecule has 1 aromatic rings. The van der Waals surface area contributed by atoms with Crippen molar-refractivity contribution in [2.24, 2.45) is 0 Å². The molecular formula is C19H30N2O2S. The molecule has 0 atom stereocenters. The molecule has 1 saturated heterocycles. The summed E-state index contributed by atoms with van der Waals surface area (Å²) in [6, 6.07) is 8.38. The summed E-state index contributed by atoms with van der Waals surface area (Å²) in [7, 11) is 0. The highest BCUT2D eigenvalue weighted by Gasteiger charge is 2.10. The van der Waals surface area contributed by atoms with E-state index >= 15 is 0 Å². The topological polar surface area (TPSA) is 41.6 Å². The van der Waals surface area contributed by atoms with Crippen LogP contribution in [0.5, 0.6) is 5.75 Å². The molecule has 1 aliphatic rings. The van der Waals surface area contributed by atoms with Crippen molar-refractivity contribution < 1.29 is 9.53 Å². The third-order valence-corrected chi connectivity index (χ3v) is 4.54. The number of carbonyl (C=O) groups excluding carboxylic acids is 1. The molecule has 2 rings (SSSR count). The van der Waals surface area contributed by atoms with Crippen molar-refractivity contribution in [1.82, 2.24) is 10.2 Å². The minimum absolute atomic E-state index is 0.104. The van der Waals surface area contributed by atoms with E-state index in [1.807, 2.05) is 6.07 Å². The van der Waals surface area contributed by atoms with Crippen molar-refractivity contribution in [1.29, 1.82) is 0 Å². The van der Waals surface area contributed by atoms with Crippen LogP contribution in [0.15, 0.2) is 24.3 Å². The first-order chi connectivity index (χ1) is 11.8. The number of amides is 1. The summed E-state index contributed by atoms with van der Waals surface area (Å²) in [6.07, 6.45) is 6.21. The first-order valence-corrected chi connectivity index (χ1v) is 9.73. The van der Waals surface area contributed by atoms with E-state index in [4.69, 9.17) is 4.74 Å². The van der Waals surface area contributed by atoms with Gasteiger partial charge in [0.1, 0.15) is 5.75 Å². The monoisotopic (exact) mass is 350 g/mol. The largest absolute Gasteiger partial charge is 0.494 e. The Kier molecular flexibility index (Phi) is 9.06. The zero-order valence-electron chi connectivity index (χ0n) is 14.5. The Morgan fingerprint density at radius 2 is 2.04 bits per heavy atom. The second-order valence-electron chi connectivity index (χ2n) is 6.36. The van der Waals surface area contributed by atoms with Gasteiger partial charge in [-0.3, -0.25) is 9.69 Å². The van der Waals surface area contributed by atoms with Crippen molar-refractivity contribution in [3.63, 3.8) is 0 Å². The predicted octanol–water partition coefficient (Wildman–Crippen LogP) is 3.27. The Bertz CT molecular complexity index is 490. The molecular weight excluding hydrogens is 320 g/mol. The maximum atomic E-state index is 11.5. The summed E-state index contributed by atoms with van der Waals surface area (Å²) in [5, 5.41) is 2.91. The molecule has 0 unspecified atom stereocenters. The Hall–Kier alpha value is -1.20. The molecule has 1 fully saturated rings. The lowest BCUT2D eigenvalue weighted by Gasteiger charge is -2.26. The molecule has 1 aliphatic heterocycles. The van der Waals surface area contributed by atoms with Gasteiger partial charge in [-0.05, 0) is 62.2 Å². The molecule has 5 heteroatoms. The summed E-state index contributed by atoms with van der Waals surface area (Å²) in [6.45, 7) is 4.72. The molecule has 1 aromatic carbocycles. The van der Waals surface area contributed by atoms with Gasteiger partial charge in [0.05, 0.1) is 6.61 Å². The third kappa shape index (κ3) is 7.58. The van der Waals surface area contributed by atoms with Crippen LogP contribution in [-0.2, 0) is 11.3 Å². The van der Waals surface area contributed by atoms with Crippen LogP contribution in [0.1, 0.15) is 44.1 Å². The second kappa shape index (κ2) is 11.4. The normalized spacial score (nSPS) is 15.2. The molecule has 1 N–H and O–H groups in total. The number of nitrogens with zero attached hydrogens (tertiary/aromatic N) is 1. The first-order valence-electron chi connectivity index (χ1n) is 9.09. The van der Waals surface area contributed by atoms with Gasteiger partial charge in [-0.1, -0.05) is 18.6 Å². The summed E-state index contributed by atoms with van der Waals surface area (Å²) in [5.74, 6) is 1.78. The van der Waals surface area contributed by atoms with E-state index in [1.54, 1.807) is 0 Å². The molecule has 0 radical (unpaired) electrons. The molecule has 0 spiro atoms. The van der Waals surface area contributed by atoms with Crippen LogP contribution >= 0.6 is 12.6 Å². The molecule has 134 valence electrons. The number of thiol groups is 1. The third-order valence-electron chi connectivity index (χ3n) is 4.23. The van der Waals surface area contributed by atoms with Crippen molar-refractivity contribution in [3.05, 3.63) is 29.8 Å². The van der Waals surface area contributed by atoms with E-state index < -0.39 is 0 Å². The number of ether oxygens (including phenoxy) is 1. The smallest absolute Gasteiger partial charge is 0.220 e. The first kappa shape index (κ1) is 19.1. The second-order valence-corrected chi connectivity index (χ2v) is 6.81. The van der Waals surface area contributed by atoms with E-state index in [2.05, 4.69) is 41.0 Å². The summed E-state index contributed by atoms with van der Waals surface area (Å²) >= 11 is 4.11. The van der Waals surface area contributed by atoms with E-state index in [1.165, 1.54) is 37.9 Å². The lowest BCUT2D eigenvalue weighted by Crippen LogP contribution is -2.29.